The first-order valence-electron chi connectivity index (χ1n) is 7.31. The summed E-state index contributed by atoms with van der Waals surface area (Å²) in [5.41, 5.74) is 0.908. The predicted molar refractivity (Wildman–Crippen MR) is 88.0 cm³/mol. The van der Waals surface area contributed by atoms with E-state index >= 15 is 0 Å². The molecule has 7 heteroatoms. The summed E-state index contributed by atoms with van der Waals surface area (Å²) >= 11 is 0. The molecule has 7 nitrogen and oxygen atoms in total. The minimum Gasteiger partial charge on any atom is -0.497 e. The van der Waals surface area contributed by atoms with Gasteiger partial charge in [-0.15, -0.1) is 0 Å². The average molecular weight is 330 g/mol. The Morgan fingerprint density at radius 1 is 1.12 bits per heavy atom. The molecule has 0 spiro atoms. The third-order valence-electron chi connectivity index (χ3n) is 3.36. The van der Waals surface area contributed by atoms with E-state index in [-0.39, 0.29) is 11.6 Å². The summed E-state index contributed by atoms with van der Waals surface area (Å²) in [5.74, 6) is 0.872. The van der Waals surface area contributed by atoms with Crippen LogP contribution in [0.5, 0.6) is 11.5 Å². The predicted octanol–water partition coefficient (Wildman–Crippen LogP) is 2.69. The number of amides is 1. The number of nitro benzene ring substituents is 1. The number of benzene rings is 2. The van der Waals surface area contributed by atoms with E-state index < -0.39 is 11.0 Å². The zero-order valence-corrected chi connectivity index (χ0v) is 13.4. The Hall–Kier alpha value is -3.09. The number of hydrogen-bond acceptors (Lipinski definition) is 5. The molecule has 0 aliphatic heterocycles. The first-order valence-corrected chi connectivity index (χ1v) is 7.31. The number of non-ortho nitro benzene ring substituents is 1. The van der Waals surface area contributed by atoms with Crippen LogP contribution in [0.2, 0.25) is 0 Å². The largest absolute Gasteiger partial charge is 0.497 e. The van der Waals surface area contributed by atoms with Crippen molar-refractivity contribution in [2.45, 2.75) is 19.6 Å². The Balaban J connectivity index is 1.85. The highest BCUT2D eigenvalue weighted by Gasteiger charge is 2.15. The third-order valence-corrected chi connectivity index (χ3v) is 3.36. The van der Waals surface area contributed by atoms with Gasteiger partial charge in [-0.1, -0.05) is 12.1 Å². The quantitative estimate of drug-likeness (QED) is 0.622. The maximum atomic E-state index is 12.0. The van der Waals surface area contributed by atoms with Crippen LogP contribution in [-0.4, -0.2) is 24.0 Å². The molecular weight excluding hydrogens is 312 g/mol. The van der Waals surface area contributed by atoms with Crippen LogP contribution in [0.15, 0.2) is 48.5 Å². The van der Waals surface area contributed by atoms with Gasteiger partial charge in [-0.3, -0.25) is 14.9 Å². The molecule has 0 saturated carbocycles. The fourth-order valence-electron chi connectivity index (χ4n) is 1.98. The van der Waals surface area contributed by atoms with Crippen molar-refractivity contribution in [1.29, 1.82) is 0 Å². The van der Waals surface area contributed by atoms with Crippen LogP contribution in [0.25, 0.3) is 0 Å². The normalized spacial score (nSPS) is 11.4. The molecule has 0 aliphatic carbocycles. The molecule has 0 heterocycles. The molecule has 2 rings (SSSR count). The Labute approximate surface area is 139 Å². The molecule has 2 aromatic carbocycles. The molecule has 0 fully saturated rings. The monoisotopic (exact) mass is 330 g/mol. The lowest BCUT2D eigenvalue weighted by molar-refractivity contribution is -0.384. The fraction of sp³-hybridized carbons (Fsp3) is 0.235. The molecule has 0 aliphatic rings. The number of nitro groups is 1. The van der Waals surface area contributed by atoms with Crippen molar-refractivity contribution in [3.05, 3.63) is 64.2 Å². The van der Waals surface area contributed by atoms with Crippen molar-refractivity contribution >= 4 is 11.6 Å². The van der Waals surface area contributed by atoms with E-state index in [1.54, 1.807) is 14.0 Å². The number of carbonyl (C=O) groups excluding carboxylic acids is 1. The summed E-state index contributed by atoms with van der Waals surface area (Å²) in [6, 6.07) is 12.9. The second-order valence-electron chi connectivity index (χ2n) is 5.08. The van der Waals surface area contributed by atoms with Gasteiger partial charge in [-0.05, 0) is 36.8 Å². The van der Waals surface area contributed by atoms with Crippen molar-refractivity contribution in [3.8, 4) is 11.5 Å². The minimum atomic E-state index is -0.718. The molecule has 24 heavy (non-hydrogen) atoms. The highest BCUT2D eigenvalue weighted by atomic mass is 16.6. The summed E-state index contributed by atoms with van der Waals surface area (Å²) < 4.78 is 10.6. The number of nitrogens with zero attached hydrogens (tertiary/aromatic N) is 1. The van der Waals surface area contributed by atoms with Crippen LogP contribution in [0, 0.1) is 10.1 Å². The Morgan fingerprint density at radius 3 is 2.25 bits per heavy atom. The van der Waals surface area contributed by atoms with Crippen molar-refractivity contribution in [1.82, 2.24) is 5.32 Å². The molecule has 1 N–H and O–H groups in total. The van der Waals surface area contributed by atoms with Gasteiger partial charge < -0.3 is 14.8 Å². The van der Waals surface area contributed by atoms with Crippen LogP contribution < -0.4 is 14.8 Å². The summed E-state index contributed by atoms with van der Waals surface area (Å²) in [6.45, 7) is 1.99. The molecule has 1 amide bonds. The zero-order chi connectivity index (χ0) is 17.5. The number of methoxy groups -OCH3 is 1. The summed E-state index contributed by atoms with van der Waals surface area (Å²) in [5, 5.41) is 13.4. The first-order chi connectivity index (χ1) is 11.5. The lowest BCUT2D eigenvalue weighted by atomic mass is 10.2. The molecule has 0 unspecified atom stereocenters. The van der Waals surface area contributed by atoms with Crippen LogP contribution in [0.3, 0.4) is 0 Å². The number of nitrogens with one attached hydrogen (secondary N) is 1. The number of ether oxygens (including phenoxy) is 2. The van der Waals surface area contributed by atoms with E-state index in [0.29, 0.717) is 12.3 Å². The fourth-order valence-corrected chi connectivity index (χ4v) is 1.98. The maximum absolute atomic E-state index is 12.0. The minimum absolute atomic E-state index is 0.0287. The topological polar surface area (TPSA) is 90.7 Å². The first kappa shape index (κ1) is 17.3. The lowest BCUT2D eigenvalue weighted by Gasteiger charge is -2.14. The van der Waals surface area contributed by atoms with Crippen molar-refractivity contribution in [2.24, 2.45) is 0 Å². The Kier molecular flexibility index (Phi) is 5.73. The van der Waals surface area contributed by atoms with Gasteiger partial charge in [0.1, 0.15) is 11.5 Å². The highest BCUT2D eigenvalue weighted by molar-refractivity contribution is 5.80. The zero-order valence-electron chi connectivity index (χ0n) is 13.4. The number of carbonyl (C=O) groups is 1. The second-order valence-corrected chi connectivity index (χ2v) is 5.08. The third kappa shape index (κ3) is 4.70. The summed E-state index contributed by atoms with van der Waals surface area (Å²) in [4.78, 5) is 22.2. The lowest BCUT2D eigenvalue weighted by Crippen LogP contribution is -2.35. The highest BCUT2D eigenvalue weighted by Crippen LogP contribution is 2.18. The van der Waals surface area contributed by atoms with Gasteiger partial charge in [0.15, 0.2) is 6.10 Å². The van der Waals surface area contributed by atoms with Crippen LogP contribution in [0.1, 0.15) is 12.5 Å². The van der Waals surface area contributed by atoms with Gasteiger partial charge in [0.25, 0.3) is 11.6 Å². The molecule has 0 radical (unpaired) electrons. The number of rotatable bonds is 7. The van der Waals surface area contributed by atoms with Crippen molar-refractivity contribution < 1.29 is 19.2 Å². The van der Waals surface area contributed by atoms with E-state index in [9.17, 15) is 14.9 Å². The summed E-state index contributed by atoms with van der Waals surface area (Å²) in [7, 11) is 1.59. The smallest absolute Gasteiger partial charge is 0.269 e. The van der Waals surface area contributed by atoms with E-state index in [2.05, 4.69) is 5.32 Å². The van der Waals surface area contributed by atoms with Gasteiger partial charge in [0, 0.05) is 18.7 Å². The molecular formula is C17H18N2O5. The average Bonchev–Trinajstić information content (AvgIpc) is 2.60. The van der Waals surface area contributed by atoms with Gasteiger partial charge in [-0.25, -0.2) is 0 Å². The van der Waals surface area contributed by atoms with Gasteiger partial charge in [0.05, 0.1) is 12.0 Å². The van der Waals surface area contributed by atoms with Crippen LogP contribution >= 0.6 is 0 Å². The molecule has 0 bridgehead atoms. The van der Waals surface area contributed by atoms with Crippen LogP contribution in [0.4, 0.5) is 5.69 Å². The maximum Gasteiger partial charge on any atom is 0.269 e. The van der Waals surface area contributed by atoms with Gasteiger partial charge in [-0.2, -0.15) is 0 Å². The standard InChI is InChI=1S/C17H18N2O5/c1-12(24-16-9-5-14(6-10-16)19(21)22)17(20)18-11-13-3-7-15(23-2)8-4-13/h3-10,12H,11H2,1-2H3,(H,18,20)/t12-/m1/s1. The van der Waals surface area contributed by atoms with Crippen LogP contribution in [-0.2, 0) is 11.3 Å². The van der Waals surface area contributed by atoms with Crippen molar-refractivity contribution in [3.63, 3.8) is 0 Å². The Bertz CT molecular complexity index is 698. The molecule has 126 valence electrons. The molecule has 0 saturated heterocycles. The summed E-state index contributed by atoms with van der Waals surface area (Å²) in [6.07, 6.45) is -0.718. The SMILES string of the molecule is COc1ccc(CNC(=O)[C@@H](C)Oc2ccc([N+](=O)[O-])cc2)cc1. The molecule has 2 aromatic rings. The second kappa shape index (κ2) is 7.96. The Morgan fingerprint density at radius 2 is 1.71 bits per heavy atom. The number of hydrogen-bond donors (Lipinski definition) is 1. The van der Waals surface area contributed by atoms with Crippen molar-refractivity contribution in [2.75, 3.05) is 7.11 Å². The van der Waals surface area contributed by atoms with E-state index in [4.69, 9.17) is 9.47 Å². The van der Waals surface area contributed by atoms with E-state index in [0.717, 1.165) is 11.3 Å². The van der Waals surface area contributed by atoms with Gasteiger partial charge >= 0.3 is 0 Å². The molecule has 1 atom stereocenters. The van der Waals surface area contributed by atoms with Gasteiger partial charge in [0.2, 0.25) is 0 Å². The van der Waals surface area contributed by atoms with E-state index in [1.165, 1.54) is 24.3 Å². The van der Waals surface area contributed by atoms with E-state index in [1.807, 2.05) is 24.3 Å². The molecule has 0 aromatic heterocycles.